The van der Waals surface area contributed by atoms with E-state index in [0.29, 0.717) is 19.8 Å². The molecule has 1 N–H and O–H groups in total. The topological polar surface area (TPSA) is 33.7 Å². The Kier molecular flexibility index (Phi) is 7.11. The molecule has 5 heteroatoms. The first-order valence-electron chi connectivity index (χ1n) is 9.88. The van der Waals surface area contributed by atoms with Gasteiger partial charge in [0, 0.05) is 25.3 Å². The molecule has 1 aliphatic rings. The molecule has 0 aliphatic carbocycles. The normalized spacial score (nSPS) is 14.1. The Morgan fingerprint density at radius 3 is 2.37 bits per heavy atom. The largest absolute Gasteiger partial charge is 0.490 e. The second-order valence-electron chi connectivity index (χ2n) is 6.71. The number of benzene rings is 2. The Morgan fingerprint density at radius 2 is 1.67 bits per heavy atom. The molecule has 1 fully saturated rings. The number of hydrogen-bond acceptors (Lipinski definition) is 4. The van der Waals surface area contributed by atoms with Crippen LogP contribution in [-0.2, 0) is 6.54 Å². The van der Waals surface area contributed by atoms with E-state index in [1.54, 1.807) is 0 Å². The summed E-state index contributed by atoms with van der Waals surface area (Å²) < 4.78 is 11.3. The molecule has 0 radical (unpaired) electrons. The molecule has 0 aromatic heterocycles. The second kappa shape index (κ2) is 9.75. The van der Waals surface area contributed by atoms with Crippen molar-refractivity contribution in [2.24, 2.45) is 0 Å². The molecule has 146 valence electrons. The lowest BCUT2D eigenvalue weighted by Gasteiger charge is -2.29. The van der Waals surface area contributed by atoms with E-state index < -0.39 is 0 Å². The zero-order valence-electron chi connectivity index (χ0n) is 16.3. The van der Waals surface area contributed by atoms with E-state index in [1.165, 1.54) is 19.3 Å². The van der Waals surface area contributed by atoms with Crippen molar-refractivity contribution in [1.29, 1.82) is 0 Å². The maximum atomic E-state index is 6.55. The molecular weight excluding hydrogens is 360 g/mol. The summed E-state index contributed by atoms with van der Waals surface area (Å²) in [5.41, 5.74) is 3.30. The van der Waals surface area contributed by atoms with E-state index in [1.807, 2.05) is 32.0 Å². The van der Waals surface area contributed by atoms with Crippen molar-refractivity contribution in [3.63, 3.8) is 0 Å². The zero-order valence-corrected chi connectivity index (χ0v) is 17.0. The molecule has 0 saturated carbocycles. The van der Waals surface area contributed by atoms with Gasteiger partial charge in [-0.3, -0.25) is 0 Å². The lowest BCUT2D eigenvalue weighted by molar-refractivity contribution is 0.287. The van der Waals surface area contributed by atoms with Gasteiger partial charge in [-0.1, -0.05) is 17.7 Å². The highest BCUT2D eigenvalue weighted by molar-refractivity contribution is 6.33. The zero-order chi connectivity index (χ0) is 19.1. The van der Waals surface area contributed by atoms with Gasteiger partial charge >= 0.3 is 0 Å². The standard InChI is InChI=1S/C22H29ClN2O2/c1-3-26-21-11-8-17(14-22(21)27-4-2)16-24-18-9-10-20(19(23)15-18)25-12-6-5-7-13-25/h8-11,14-15,24H,3-7,12-13,16H2,1-2H3. The third-order valence-corrected chi connectivity index (χ3v) is 5.05. The molecule has 0 spiro atoms. The van der Waals surface area contributed by atoms with Crippen molar-refractivity contribution in [1.82, 2.24) is 0 Å². The molecule has 1 aliphatic heterocycles. The van der Waals surface area contributed by atoms with Gasteiger partial charge in [-0.15, -0.1) is 0 Å². The van der Waals surface area contributed by atoms with Gasteiger partial charge in [0.15, 0.2) is 11.5 Å². The fourth-order valence-corrected chi connectivity index (χ4v) is 3.72. The quantitative estimate of drug-likeness (QED) is 0.625. The van der Waals surface area contributed by atoms with Gasteiger partial charge < -0.3 is 19.7 Å². The summed E-state index contributed by atoms with van der Waals surface area (Å²) >= 11 is 6.55. The van der Waals surface area contributed by atoms with E-state index in [0.717, 1.165) is 46.5 Å². The van der Waals surface area contributed by atoms with Crippen molar-refractivity contribution < 1.29 is 9.47 Å². The molecule has 0 unspecified atom stereocenters. The monoisotopic (exact) mass is 388 g/mol. The highest BCUT2D eigenvalue weighted by Crippen LogP contribution is 2.32. The van der Waals surface area contributed by atoms with Crippen LogP contribution in [0.25, 0.3) is 0 Å². The summed E-state index contributed by atoms with van der Waals surface area (Å²) in [6, 6.07) is 12.3. The second-order valence-corrected chi connectivity index (χ2v) is 7.12. The lowest BCUT2D eigenvalue weighted by Crippen LogP contribution is -2.29. The maximum absolute atomic E-state index is 6.55. The molecule has 0 amide bonds. The number of piperidine rings is 1. The Balaban J connectivity index is 1.65. The predicted molar refractivity (Wildman–Crippen MR) is 114 cm³/mol. The van der Waals surface area contributed by atoms with Crippen LogP contribution in [0.4, 0.5) is 11.4 Å². The van der Waals surface area contributed by atoms with Crippen LogP contribution in [0.3, 0.4) is 0 Å². The number of ether oxygens (including phenoxy) is 2. The SMILES string of the molecule is CCOc1ccc(CNc2ccc(N3CCCCC3)c(Cl)c2)cc1OCC. The van der Waals surface area contributed by atoms with Crippen LogP contribution in [0.15, 0.2) is 36.4 Å². The average molecular weight is 389 g/mol. The first-order chi connectivity index (χ1) is 13.2. The van der Waals surface area contributed by atoms with E-state index in [9.17, 15) is 0 Å². The van der Waals surface area contributed by atoms with Crippen molar-refractivity contribution in [2.45, 2.75) is 39.7 Å². The highest BCUT2D eigenvalue weighted by atomic mass is 35.5. The summed E-state index contributed by atoms with van der Waals surface area (Å²) in [6.45, 7) is 8.09. The number of nitrogens with zero attached hydrogens (tertiary/aromatic N) is 1. The summed E-state index contributed by atoms with van der Waals surface area (Å²) in [7, 11) is 0. The smallest absolute Gasteiger partial charge is 0.161 e. The van der Waals surface area contributed by atoms with Crippen LogP contribution >= 0.6 is 11.6 Å². The molecule has 2 aromatic rings. The number of anilines is 2. The minimum Gasteiger partial charge on any atom is -0.490 e. The Morgan fingerprint density at radius 1 is 0.926 bits per heavy atom. The Labute approximate surface area is 167 Å². The van der Waals surface area contributed by atoms with Crippen molar-refractivity contribution in [3.8, 4) is 11.5 Å². The van der Waals surface area contributed by atoms with Gasteiger partial charge in [0.2, 0.25) is 0 Å². The van der Waals surface area contributed by atoms with Gasteiger partial charge in [-0.25, -0.2) is 0 Å². The third kappa shape index (κ3) is 5.23. The average Bonchev–Trinajstić information content (AvgIpc) is 2.69. The van der Waals surface area contributed by atoms with Gasteiger partial charge in [0.05, 0.1) is 23.9 Å². The maximum Gasteiger partial charge on any atom is 0.161 e. The van der Waals surface area contributed by atoms with Crippen molar-refractivity contribution in [3.05, 3.63) is 47.0 Å². The summed E-state index contributed by atoms with van der Waals surface area (Å²) in [4.78, 5) is 2.39. The molecule has 4 nitrogen and oxygen atoms in total. The fourth-order valence-electron chi connectivity index (χ4n) is 3.42. The summed E-state index contributed by atoms with van der Waals surface area (Å²) in [6.07, 6.45) is 3.81. The molecule has 1 heterocycles. The molecule has 0 bridgehead atoms. The Bertz CT molecular complexity index is 745. The summed E-state index contributed by atoms with van der Waals surface area (Å²) in [5.74, 6) is 1.58. The van der Waals surface area contributed by atoms with Crippen LogP contribution < -0.4 is 19.7 Å². The van der Waals surface area contributed by atoms with Crippen LogP contribution in [0.5, 0.6) is 11.5 Å². The van der Waals surface area contributed by atoms with E-state index in [-0.39, 0.29) is 0 Å². The van der Waals surface area contributed by atoms with E-state index in [2.05, 4.69) is 28.4 Å². The lowest BCUT2D eigenvalue weighted by atomic mass is 10.1. The molecule has 2 aromatic carbocycles. The fraction of sp³-hybridized carbons (Fsp3) is 0.455. The van der Waals surface area contributed by atoms with E-state index >= 15 is 0 Å². The number of rotatable bonds is 8. The third-order valence-electron chi connectivity index (χ3n) is 4.75. The first-order valence-corrected chi connectivity index (χ1v) is 10.3. The predicted octanol–water partition coefficient (Wildman–Crippen LogP) is 5.74. The molecule has 1 saturated heterocycles. The van der Waals surface area contributed by atoms with Crippen LogP contribution in [0.1, 0.15) is 38.7 Å². The molecule has 3 rings (SSSR count). The number of nitrogens with one attached hydrogen (secondary N) is 1. The minimum absolute atomic E-state index is 0.616. The minimum atomic E-state index is 0.616. The number of hydrogen-bond donors (Lipinski definition) is 1. The highest BCUT2D eigenvalue weighted by Gasteiger charge is 2.14. The number of halogens is 1. The van der Waals surface area contributed by atoms with Gasteiger partial charge in [-0.05, 0) is 69.0 Å². The summed E-state index contributed by atoms with van der Waals surface area (Å²) in [5, 5.41) is 4.26. The first kappa shape index (κ1) is 19.7. The van der Waals surface area contributed by atoms with E-state index in [4.69, 9.17) is 21.1 Å². The molecule has 27 heavy (non-hydrogen) atoms. The van der Waals surface area contributed by atoms with Crippen LogP contribution in [-0.4, -0.2) is 26.3 Å². The van der Waals surface area contributed by atoms with Crippen molar-refractivity contribution >= 4 is 23.0 Å². The van der Waals surface area contributed by atoms with Crippen LogP contribution in [0.2, 0.25) is 5.02 Å². The van der Waals surface area contributed by atoms with Crippen molar-refractivity contribution in [2.75, 3.05) is 36.5 Å². The molecular formula is C22H29ClN2O2. The van der Waals surface area contributed by atoms with Gasteiger partial charge in [0.25, 0.3) is 0 Å². The Hall–Kier alpha value is -2.07. The molecule has 0 atom stereocenters. The van der Waals surface area contributed by atoms with Crippen LogP contribution in [0, 0.1) is 0 Å². The van der Waals surface area contributed by atoms with Gasteiger partial charge in [-0.2, -0.15) is 0 Å². The van der Waals surface area contributed by atoms with Gasteiger partial charge in [0.1, 0.15) is 0 Å².